The minimum absolute atomic E-state index is 0.0126. The van der Waals surface area contributed by atoms with Crippen molar-refractivity contribution in [1.82, 2.24) is 4.90 Å². The number of phenolic OH excluding ortho intramolecular Hbond substituents is 1. The molecule has 2 aromatic carbocycles. The highest BCUT2D eigenvalue weighted by molar-refractivity contribution is 6.30. The number of carboxylic acids is 1. The smallest absolute Gasteiger partial charge is 0.336 e. The quantitative estimate of drug-likeness (QED) is 0.902. The second kappa shape index (κ2) is 6.18. The molecule has 0 saturated carbocycles. The van der Waals surface area contributed by atoms with Gasteiger partial charge in [0.1, 0.15) is 11.6 Å². The van der Waals surface area contributed by atoms with Gasteiger partial charge in [0.15, 0.2) is 0 Å². The molecule has 0 fully saturated rings. The average Bonchev–Trinajstić information content (AvgIpc) is 2.45. The number of fused-ring (bicyclic) bond motifs is 1. The van der Waals surface area contributed by atoms with E-state index in [-0.39, 0.29) is 11.3 Å². The molecule has 0 saturated heterocycles. The van der Waals surface area contributed by atoms with E-state index in [1.54, 1.807) is 12.1 Å². The van der Waals surface area contributed by atoms with Crippen molar-refractivity contribution < 1.29 is 19.4 Å². The Labute approximate surface area is 137 Å². The summed E-state index contributed by atoms with van der Waals surface area (Å²) in [5.74, 6) is -1.55. The Morgan fingerprint density at radius 2 is 2.04 bits per heavy atom. The summed E-state index contributed by atoms with van der Waals surface area (Å²) in [6.45, 7) is 1.64. The molecular formula is C17H15ClFNO3. The molecule has 3 rings (SSSR count). The Balaban J connectivity index is 1.86. The molecule has 0 aliphatic carbocycles. The van der Waals surface area contributed by atoms with Crippen LogP contribution in [-0.4, -0.2) is 27.6 Å². The second-order valence-electron chi connectivity index (χ2n) is 5.67. The van der Waals surface area contributed by atoms with Crippen LogP contribution in [0.5, 0.6) is 5.75 Å². The van der Waals surface area contributed by atoms with Crippen LogP contribution in [0.2, 0.25) is 5.02 Å². The van der Waals surface area contributed by atoms with Gasteiger partial charge in [-0.05, 0) is 53.4 Å². The highest BCUT2D eigenvalue weighted by Crippen LogP contribution is 2.27. The van der Waals surface area contributed by atoms with Gasteiger partial charge in [-0.15, -0.1) is 0 Å². The largest absolute Gasteiger partial charge is 0.508 e. The monoisotopic (exact) mass is 335 g/mol. The van der Waals surface area contributed by atoms with Gasteiger partial charge in [0.25, 0.3) is 0 Å². The second-order valence-corrected chi connectivity index (χ2v) is 6.11. The van der Waals surface area contributed by atoms with Crippen molar-refractivity contribution >= 4 is 17.6 Å². The van der Waals surface area contributed by atoms with E-state index in [4.69, 9.17) is 11.6 Å². The number of hydrogen-bond donors (Lipinski definition) is 2. The van der Waals surface area contributed by atoms with Crippen molar-refractivity contribution in [2.24, 2.45) is 0 Å². The van der Waals surface area contributed by atoms with Gasteiger partial charge in [-0.1, -0.05) is 11.6 Å². The molecule has 0 unspecified atom stereocenters. The highest BCUT2D eigenvalue weighted by Gasteiger charge is 2.23. The Morgan fingerprint density at radius 3 is 2.74 bits per heavy atom. The minimum atomic E-state index is -1.12. The third kappa shape index (κ3) is 3.46. The first-order valence-electron chi connectivity index (χ1n) is 7.18. The normalized spacial score (nSPS) is 14.5. The number of nitrogens with zero attached hydrogens (tertiary/aromatic N) is 1. The van der Waals surface area contributed by atoms with Crippen LogP contribution in [0.25, 0.3) is 0 Å². The molecule has 0 radical (unpaired) electrons. The number of aromatic hydroxyl groups is 1. The van der Waals surface area contributed by atoms with Crippen LogP contribution in [0, 0.1) is 5.82 Å². The van der Waals surface area contributed by atoms with E-state index in [1.807, 2.05) is 0 Å². The maximum Gasteiger partial charge on any atom is 0.336 e. The van der Waals surface area contributed by atoms with E-state index in [0.717, 1.165) is 17.2 Å². The number of carbonyl (C=O) groups is 1. The molecule has 0 bridgehead atoms. The molecule has 120 valence electrons. The maximum atomic E-state index is 13.5. The zero-order valence-electron chi connectivity index (χ0n) is 12.2. The lowest BCUT2D eigenvalue weighted by Gasteiger charge is -2.29. The van der Waals surface area contributed by atoms with Crippen LogP contribution < -0.4 is 0 Å². The van der Waals surface area contributed by atoms with Gasteiger partial charge in [0, 0.05) is 24.7 Å². The number of halogens is 2. The predicted molar refractivity (Wildman–Crippen MR) is 84.3 cm³/mol. The molecule has 2 aromatic rings. The van der Waals surface area contributed by atoms with Gasteiger partial charge in [-0.3, -0.25) is 4.90 Å². The first kappa shape index (κ1) is 15.8. The number of aromatic carboxylic acids is 1. The Hall–Kier alpha value is -2.11. The fourth-order valence-corrected chi connectivity index (χ4v) is 3.24. The van der Waals surface area contributed by atoms with E-state index in [0.29, 0.717) is 36.6 Å². The van der Waals surface area contributed by atoms with Crippen molar-refractivity contribution in [3.8, 4) is 5.75 Å². The molecule has 1 heterocycles. The Kier molecular flexibility index (Phi) is 4.24. The maximum absolute atomic E-state index is 13.5. The fraction of sp³-hybridized carbons (Fsp3) is 0.235. The zero-order valence-corrected chi connectivity index (χ0v) is 13.0. The lowest BCUT2D eigenvalue weighted by molar-refractivity contribution is 0.0693. The van der Waals surface area contributed by atoms with Crippen LogP contribution >= 0.6 is 11.6 Å². The number of hydrogen-bond acceptors (Lipinski definition) is 3. The first-order chi connectivity index (χ1) is 10.9. The standard InChI is InChI=1S/C17H15ClFNO3/c18-12-3-10(4-14(21)6-12)8-20-2-1-11-5-13(19)7-15(17(22)23)16(11)9-20/h3-7,21H,1-2,8-9H2,(H,22,23). The molecule has 23 heavy (non-hydrogen) atoms. The predicted octanol–water partition coefficient (Wildman–Crippen LogP) is 3.44. The first-order valence-corrected chi connectivity index (χ1v) is 7.55. The van der Waals surface area contributed by atoms with Crippen LogP contribution in [0.4, 0.5) is 4.39 Å². The van der Waals surface area contributed by atoms with Crippen molar-refractivity contribution in [1.29, 1.82) is 0 Å². The van der Waals surface area contributed by atoms with Gasteiger partial charge in [-0.25, -0.2) is 9.18 Å². The number of phenols is 1. The molecule has 0 amide bonds. The molecule has 6 heteroatoms. The Bertz CT molecular complexity index is 758. The molecular weight excluding hydrogens is 321 g/mol. The molecule has 0 atom stereocenters. The van der Waals surface area contributed by atoms with E-state index in [2.05, 4.69) is 4.90 Å². The zero-order chi connectivity index (χ0) is 16.6. The summed E-state index contributed by atoms with van der Waals surface area (Å²) < 4.78 is 13.5. The lowest BCUT2D eigenvalue weighted by atomic mass is 9.94. The molecule has 1 aliphatic heterocycles. The molecule has 0 aromatic heterocycles. The third-order valence-corrected chi connectivity index (χ3v) is 4.18. The molecule has 1 aliphatic rings. The van der Waals surface area contributed by atoms with Crippen LogP contribution in [0.15, 0.2) is 30.3 Å². The topological polar surface area (TPSA) is 60.8 Å². The van der Waals surface area contributed by atoms with E-state index < -0.39 is 11.8 Å². The summed E-state index contributed by atoms with van der Waals surface area (Å²) in [7, 11) is 0. The third-order valence-electron chi connectivity index (χ3n) is 3.97. The van der Waals surface area contributed by atoms with Gasteiger partial charge in [-0.2, -0.15) is 0 Å². The summed E-state index contributed by atoms with van der Waals surface area (Å²) in [5, 5.41) is 19.3. The summed E-state index contributed by atoms with van der Waals surface area (Å²) in [4.78, 5) is 13.4. The summed E-state index contributed by atoms with van der Waals surface area (Å²) in [6.07, 6.45) is 0.583. The van der Waals surface area contributed by atoms with Crippen molar-refractivity contribution in [3.05, 3.63) is 63.4 Å². The van der Waals surface area contributed by atoms with Crippen LogP contribution in [0.1, 0.15) is 27.0 Å². The molecule has 0 spiro atoms. The fourth-order valence-electron chi connectivity index (χ4n) is 2.99. The number of carboxylic acid groups (broad SMARTS) is 1. The summed E-state index contributed by atoms with van der Waals surface area (Å²) in [5.41, 5.74) is 2.25. The number of rotatable bonds is 3. The van der Waals surface area contributed by atoms with Crippen molar-refractivity contribution in [2.45, 2.75) is 19.5 Å². The molecule has 4 nitrogen and oxygen atoms in total. The van der Waals surface area contributed by atoms with Crippen LogP contribution in [0.3, 0.4) is 0 Å². The number of benzene rings is 2. The van der Waals surface area contributed by atoms with E-state index in [1.165, 1.54) is 12.1 Å². The van der Waals surface area contributed by atoms with E-state index in [9.17, 15) is 19.4 Å². The van der Waals surface area contributed by atoms with Crippen LogP contribution in [-0.2, 0) is 19.5 Å². The highest BCUT2D eigenvalue weighted by atomic mass is 35.5. The summed E-state index contributed by atoms with van der Waals surface area (Å²) >= 11 is 5.94. The van der Waals surface area contributed by atoms with Gasteiger partial charge in [0.05, 0.1) is 5.56 Å². The van der Waals surface area contributed by atoms with Gasteiger partial charge < -0.3 is 10.2 Å². The van der Waals surface area contributed by atoms with E-state index >= 15 is 0 Å². The lowest BCUT2D eigenvalue weighted by Crippen LogP contribution is -2.31. The van der Waals surface area contributed by atoms with Gasteiger partial charge >= 0.3 is 5.97 Å². The van der Waals surface area contributed by atoms with Crippen molar-refractivity contribution in [3.63, 3.8) is 0 Å². The minimum Gasteiger partial charge on any atom is -0.508 e. The summed E-state index contributed by atoms with van der Waals surface area (Å²) in [6, 6.07) is 7.33. The average molecular weight is 336 g/mol. The SMILES string of the molecule is O=C(O)c1cc(F)cc2c1CN(Cc1cc(O)cc(Cl)c1)CC2. The molecule has 2 N–H and O–H groups in total. The Morgan fingerprint density at radius 1 is 1.26 bits per heavy atom. The van der Waals surface area contributed by atoms with Crippen molar-refractivity contribution in [2.75, 3.05) is 6.54 Å². The van der Waals surface area contributed by atoms with Gasteiger partial charge in [0.2, 0.25) is 0 Å².